The molecule has 0 saturated carbocycles. The molecular formula is C20H20O11. The number of aliphatic carboxylic acids is 2. The Balaban J connectivity index is 4.02. The maximum atomic E-state index is 13.0. The third-order valence-corrected chi connectivity index (χ3v) is 4.03. The van der Waals surface area contributed by atoms with Crippen LogP contribution in [0.2, 0.25) is 0 Å². The van der Waals surface area contributed by atoms with Gasteiger partial charge in [0.15, 0.2) is 5.78 Å². The Morgan fingerprint density at radius 1 is 1.03 bits per heavy atom. The van der Waals surface area contributed by atoms with Crippen molar-refractivity contribution in [3.63, 3.8) is 0 Å². The van der Waals surface area contributed by atoms with Gasteiger partial charge in [-0.05, 0) is 26.0 Å². The summed E-state index contributed by atoms with van der Waals surface area (Å²) in [7, 11) is 0. The number of hydrogen-bond donors (Lipinski definition) is 3. The number of hydrogen-bond acceptors (Lipinski definition) is 9. The summed E-state index contributed by atoms with van der Waals surface area (Å²) in [6, 6.07) is 0. The molecule has 1 aliphatic rings. The van der Waals surface area contributed by atoms with E-state index in [1.807, 2.05) is 0 Å². The maximum absolute atomic E-state index is 13.0. The minimum Gasteiger partial charge on any atom is -0.478 e. The van der Waals surface area contributed by atoms with Crippen molar-refractivity contribution in [2.24, 2.45) is 0 Å². The summed E-state index contributed by atoms with van der Waals surface area (Å²) >= 11 is 0. The third kappa shape index (κ3) is 5.60. The highest BCUT2D eigenvalue weighted by atomic mass is 16.6. The molecule has 11 heteroatoms. The van der Waals surface area contributed by atoms with E-state index in [-0.39, 0.29) is 11.1 Å². The van der Waals surface area contributed by atoms with E-state index in [9.17, 15) is 44.1 Å². The maximum Gasteiger partial charge on any atom is 0.336 e. The van der Waals surface area contributed by atoms with E-state index < -0.39 is 71.3 Å². The number of ether oxygens (including phenoxy) is 2. The summed E-state index contributed by atoms with van der Waals surface area (Å²) in [6.07, 6.45) is -1.87. The first-order valence-electron chi connectivity index (χ1n) is 8.60. The second-order valence-electron chi connectivity index (χ2n) is 6.64. The zero-order valence-electron chi connectivity index (χ0n) is 16.7. The zero-order chi connectivity index (χ0) is 24.1. The van der Waals surface area contributed by atoms with Gasteiger partial charge in [-0.25, -0.2) is 19.2 Å². The largest absolute Gasteiger partial charge is 0.478 e. The van der Waals surface area contributed by atoms with E-state index in [0.29, 0.717) is 12.2 Å². The van der Waals surface area contributed by atoms with Crippen LogP contribution < -0.4 is 0 Å². The molecule has 1 rings (SSSR count). The summed E-state index contributed by atoms with van der Waals surface area (Å²) in [5, 5.41) is 29.5. The quantitative estimate of drug-likeness (QED) is 0.358. The van der Waals surface area contributed by atoms with Crippen LogP contribution in [0.25, 0.3) is 0 Å². The van der Waals surface area contributed by atoms with Gasteiger partial charge < -0.3 is 24.8 Å². The van der Waals surface area contributed by atoms with Crippen LogP contribution >= 0.6 is 0 Å². The number of allylic oxidation sites excluding steroid dienone is 1. The van der Waals surface area contributed by atoms with E-state index in [1.165, 1.54) is 6.92 Å². The molecule has 1 aliphatic carbocycles. The van der Waals surface area contributed by atoms with Gasteiger partial charge in [-0.2, -0.15) is 0 Å². The van der Waals surface area contributed by atoms with Crippen molar-refractivity contribution >= 4 is 35.4 Å². The van der Waals surface area contributed by atoms with Crippen LogP contribution in [-0.2, 0) is 38.2 Å². The molecule has 11 nitrogen and oxygen atoms in total. The predicted molar refractivity (Wildman–Crippen MR) is 101 cm³/mol. The van der Waals surface area contributed by atoms with Crippen molar-refractivity contribution in [3.8, 4) is 0 Å². The SMILES string of the molecule is C=C(C)C(=O)OCC1(OC(=O)C(=C)C)C(=O)/C=C\C(=O)CC(O)/C(C(=O)O)=C\1C(=O)O. The molecule has 166 valence electrons. The first-order valence-corrected chi connectivity index (χ1v) is 8.60. The van der Waals surface area contributed by atoms with Gasteiger partial charge in [-0.15, -0.1) is 0 Å². The fourth-order valence-corrected chi connectivity index (χ4v) is 2.52. The molecule has 3 N–H and O–H groups in total. The molecule has 0 aromatic carbocycles. The smallest absolute Gasteiger partial charge is 0.336 e. The number of rotatable bonds is 7. The Bertz CT molecular complexity index is 950. The lowest BCUT2D eigenvalue weighted by Crippen LogP contribution is -2.52. The van der Waals surface area contributed by atoms with Crippen LogP contribution in [0.1, 0.15) is 20.3 Å². The van der Waals surface area contributed by atoms with E-state index in [1.54, 1.807) is 0 Å². The Morgan fingerprint density at radius 2 is 1.58 bits per heavy atom. The van der Waals surface area contributed by atoms with Gasteiger partial charge >= 0.3 is 23.9 Å². The molecule has 0 aromatic heterocycles. The van der Waals surface area contributed by atoms with Gasteiger partial charge in [0.05, 0.1) is 11.7 Å². The highest BCUT2D eigenvalue weighted by Gasteiger charge is 2.53. The number of carbonyl (C=O) groups is 6. The highest BCUT2D eigenvalue weighted by Crippen LogP contribution is 2.32. The number of carbonyl (C=O) groups excluding carboxylic acids is 4. The molecule has 0 bridgehead atoms. The van der Waals surface area contributed by atoms with E-state index in [0.717, 1.165) is 6.92 Å². The van der Waals surface area contributed by atoms with Crippen molar-refractivity contribution in [3.05, 3.63) is 47.6 Å². The number of carboxylic acid groups (broad SMARTS) is 2. The molecule has 0 aromatic rings. The average molecular weight is 436 g/mol. The van der Waals surface area contributed by atoms with Crippen molar-refractivity contribution in [2.45, 2.75) is 32.0 Å². The van der Waals surface area contributed by atoms with Crippen LogP contribution in [-0.4, -0.2) is 69.1 Å². The normalized spacial score (nSPS) is 24.8. The molecule has 2 atom stereocenters. The van der Waals surface area contributed by atoms with E-state index in [2.05, 4.69) is 13.2 Å². The molecule has 0 aliphatic heterocycles. The van der Waals surface area contributed by atoms with Gasteiger partial charge in [0.25, 0.3) is 0 Å². The van der Waals surface area contributed by atoms with Gasteiger partial charge in [-0.3, -0.25) is 9.59 Å². The first kappa shape index (κ1) is 25.2. The van der Waals surface area contributed by atoms with Crippen molar-refractivity contribution in [2.75, 3.05) is 6.61 Å². The molecule has 0 radical (unpaired) electrons. The van der Waals surface area contributed by atoms with Crippen LogP contribution in [0.4, 0.5) is 0 Å². The Kier molecular flexibility index (Phi) is 7.93. The van der Waals surface area contributed by atoms with Gasteiger partial charge in [0, 0.05) is 17.6 Å². The number of aliphatic hydroxyl groups is 1. The Labute approximate surface area is 175 Å². The fraction of sp³-hybridized carbons (Fsp3) is 0.300. The number of carboxylic acids is 2. The van der Waals surface area contributed by atoms with Gasteiger partial charge in [-0.1, -0.05) is 13.2 Å². The summed E-state index contributed by atoms with van der Waals surface area (Å²) in [4.78, 5) is 73.0. The van der Waals surface area contributed by atoms with Gasteiger partial charge in [0.1, 0.15) is 12.2 Å². The molecule has 31 heavy (non-hydrogen) atoms. The zero-order valence-corrected chi connectivity index (χ0v) is 16.7. The molecule has 2 unspecified atom stereocenters. The predicted octanol–water partition coefficient (Wildman–Crippen LogP) is -0.111. The summed E-state index contributed by atoms with van der Waals surface area (Å²) in [5.41, 5.74) is -6.20. The molecule has 0 saturated heterocycles. The lowest BCUT2D eigenvalue weighted by molar-refractivity contribution is -0.170. The molecule has 0 amide bonds. The lowest BCUT2D eigenvalue weighted by Gasteiger charge is -2.32. The molecule has 0 spiro atoms. The highest BCUT2D eigenvalue weighted by molar-refractivity contribution is 6.14. The third-order valence-electron chi connectivity index (χ3n) is 4.03. The van der Waals surface area contributed by atoms with Crippen LogP contribution in [0, 0.1) is 0 Å². The van der Waals surface area contributed by atoms with Crippen LogP contribution in [0.3, 0.4) is 0 Å². The summed E-state index contributed by atoms with van der Waals surface area (Å²) < 4.78 is 9.89. The lowest BCUT2D eigenvalue weighted by atomic mass is 9.83. The molecular weight excluding hydrogens is 416 g/mol. The van der Waals surface area contributed by atoms with E-state index >= 15 is 0 Å². The Hall–Kier alpha value is -3.86. The van der Waals surface area contributed by atoms with Crippen LogP contribution in [0.15, 0.2) is 47.6 Å². The summed E-state index contributed by atoms with van der Waals surface area (Å²) in [5.74, 6) is -8.82. The van der Waals surface area contributed by atoms with Gasteiger partial charge in [0.2, 0.25) is 11.4 Å². The van der Waals surface area contributed by atoms with Crippen molar-refractivity contribution < 1.29 is 53.6 Å². The fourth-order valence-electron chi connectivity index (χ4n) is 2.52. The summed E-state index contributed by atoms with van der Waals surface area (Å²) in [6.45, 7) is 7.73. The standard InChI is InChI=1S/C20H20O11/c1-9(2)18(28)30-8-20(31-19(29)10(3)4)13(23)6-5-11(21)7-12(22)14(16(24)25)15(20)17(26)27/h5-6,12,22H,1,3,7-8H2,2,4H3,(H,24,25)(H,26,27)/b6-5-,15-14+. The second kappa shape index (κ2) is 9.76. The van der Waals surface area contributed by atoms with Crippen LogP contribution in [0.5, 0.6) is 0 Å². The molecule has 0 fully saturated rings. The monoisotopic (exact) mass is 436 g/mol. The molecule has 0 heterocycles. The number of ketones is 2. The van der Waals surface area contributed by atoms with Crippen molar-refractivity contribution in [1.29, 1.82) is 0 Å². The Morgan fingerprint density at radius 3 is 2.03 bits per heavy atom. The topological polar surface area (TPSA) is 182 Å². The number of esters is 2. The minimum absolute atomic E-state index is 0.165. The second-order valence-corrected chi connectivity index (χ2v) is 6.64. The first-order chi connectivity index (χ1) is 14.2. The van der Waals surface area contributed by atoms with E-state index in [4.69, 9.17) is 9.47 Å². The minimum atomic E-state index is -3.05. The average Bonchev–Trinajstić information content (AvgIpc) is 2.68. The van der Waals surface area contributed by atoms with Crippen molar-refractivity contribution in [1.82, 2.24) is 0 Å². The number of aliphatic hydroxyl groups excluding tert-OH is 1.